The summed E-state index contributed by atoms with van der Waals surface area (Å²) >= 11 is 0. The van der Waals surface area contributed by atoms with Crippen LogP contribution in [-0.4, -0.2) is 20.2 Å². The maximum absolute atomic E-state index is 5.69. The molecule has 0 spiro atoms. The molecule has 3 aromatic heterocycles. The molecule has 3 fully saturated rings. The fraction of sp³-hybridized carbons (Fsp3) is 0.269. The zero-order valence-corrected chi connectivity index (χ0v) is 17.3. The molecule has 0 radical (unpaired) electrons. The van der Waals surface area contributed by atoms with Crippen LogP contribution in [0, 0.1) is 5.92 Å². The van der Waals surface area contributed by atoms with Gasteiger partial charge in [0.05, 0.1) is 35.1 Å². The van der Waals surface area contributed by atoms with Crippen molar-refractivity contribution < 1.29 is 4.42 Å². The van der Waals surface area contributed by atoms with E-state index in [1.165, 1.54) is 24.8 Å². The second-order valence-corrected chi connectivity index (χ2v) is 9.19. The molecule has 4 aliphatic rings. The van der Waals surface area contributed by atoms with E-state index in [0.29, 0.717) is 5.41 Å². The van der Waals surface area contributed by atoms with Gasteiger partial charge >= 0.3 is 0 Å². The third-order valence-electron chi connectivity index (χ3n) is 7.35. The highest BCUT2D eigenvalue weighted by atomic mass is 16.3. The lowest BCUT2D eigenvalue weighted by Gasteiger charge is -2.62. The summed E-state index contributed by atoms with van der Waals surface area (Å²) in [4.78, 5) is 14.6. The summed E-state index contributed by atoms with van der Waals surface area (Å²) in [6.07, 6.45) is 9.43. The van der Waals surface area contributed by atoms with Gasteiger partial charge in [0.2, 0.25) is 0 Å². The van der Waals surface area contributed by atoms with E-state index in [1.54, 1.807) is 6.26 Å². The first-order valence-corrected chi connectivity index (χ1v) is 11.0. The molecule has 0 saturated heterocycles. The molecule has 4 aromatic rings. The molecular formula is C26H22N4O. The lowest BCUT2D eigenvalue weighted by molar-refractivity contribution is -0.0274. The van der Waals surface area contributed by atoms with Gasteiger partial charge in [-0.1, -0.05) is 12.1 Å². The topological polar surface area (TPSA) is 56.2 Å². The minimum Gasteiger partial charge on any atom is -0.463 e. The molecule has 5 nitrogen and oxygen atoms in total. The van der Waals surface area contributed by atoms with E-state index in [2.05, 4.69) is 40.7 Å². The van der Waals surface area contributed by atoms with Crippen LogP contribution >= 0.6 is 0 Å². The molecule has 8 rings (SSSR count). The largest absolute Gasteiger partial charge is 0.463 e. The number of benzene rings is 1. The monoisotopic (exact) mass is 406 g/mol. The molecule has 1 aliphatic heterocycles. The van der Waals surface area contributed by atoms with Crippen molar-refractivity contribution in [3.8, 4) is 17.1 Å². The Labute approximate surface area is 180 Å². The third kappa shape index (κ3) is 2.34. The molecule has 1 aromatic carbocycles. The molecule has 3 aliphatic carbocycles. The molecular weight excluding hydrogens is 384 g/mol. The SMILES string of the molecule is C[C@H]1N=C(c2ccccn2)c2cc(C34CC(C3)C4)ccc2-n2cnc(-c3ccco3)c21. The van der Waals surface area contributed by atoms with E-state index in [1.807, 2.05) is 36.8 Å². The van der Waals surface area contributed by atoms with Gasteiger partial charge in [0.1, 0.15) is 12.0 Å². The van der Waals surface area contributed by atoms with E-state index in [-0.39, 0.29) is 6.04 Å². The van der Waals surface area contributed by atoms with E-state index in [4.69, 9.17) is 14.4 Å². The van der Waals surface area contributed by atoms with Crippen LogP contribution in [0.2, 0.25) is 0 Å². The smallest absolute Gasteiger partial charge is 0.154 e. The summed E-state index contributed by atoms with van der Waals surface area (Å²) in [6.45, 7) is 2.12. The summed E-state index contributed by atoms with van der Waals surface area (Å²) < 4.78 is 7.87. The molecule has 5 heteroatoms. The summed E-state index contributed by atoms with van der Waals surface area (Å²) in [5.74, 6) is 1.71. The van der Waals surface area contributed by atoms with Gasteiger partial charge in [0.15, 0.2) is 5.76 Å². The number of nitrogens with zero attached hydrogens (tertiary/aromatic N) is 4. The van der Waals surface area contributed by atoms with Crippen molar-refractivity contribution >= 4 is 5.71 Å². The molecule has 0 amide bonds. The van der Waals surface area contributed by atoms with Gasteiger partial charge in [-0.2, -0.15) is 0 Å². The average Bonchev–Trinajstić information content (AvgIpc) is 3.38. The van der Waals surface area contributed by atoms with Crippen LogP contribution in [0.1, 0.15) is 54.7 Å². The first-order valence-electron chi connectivity index (χ1n) is 11.0. The number of aromatic nitrogens is 3. The summed E-state index contributed by atoms with van der Waals surface area (Å²) in [6, 6.07) is 16.7. The van der Waals surface area contributed by atoms with Crippen molar-refractivity contribution in [2.24, 2.45) is 10.9 Å². The molecule has 4 heterocycles. The van der Waals surface area contributed by atoms with Crippen molar-refractivity contribution in [2.45, 2.75) is 37.6 Å². The van der Waals surface area contributed by atoms with Crippen molar-refractivity contribution in [2.75, 3.05) is 0 Å². The predicted octanol–water partition coefficient (Wildman–Crippen LogP) is 5.49. The Morgan fingerprint density at radius 3 is 2.65 bits per heavy atom. The fourth-order valence-corrected chi connectivity index (χ4v) is 5.68. The highest BCUT2D eigenvalue weighted by Crippen LogP contribution is 2.65. The van der Waals surface area contributed by atoms with Crippen LogP contribution in [0.15, 0.2) is 76.7 Å². The minimum absolute atomic E-state index is 0.0922. The van der Waals surface area contributed by atoms with Crippen LogP contribution in [0.3, 0.4) is 0 Å². The van der Waals surface area contributed by atoms with Crippen LogP contribution in [0.25, 0.3) is 17.1 Å². The normalized spacial score (nSPS) is 25.5. The summed E-state index contributed by atoms with van der Waals surface area (Å²) in [7, 11) is 0. The fourth-order valence-electron chi connectivity index (χ4n) is 5.68. The summed E-state index contributed by atoms with van der Waals surface area (Å²) in [5.41, 5.74) is 7.82. The molecule has 152 valence electrons. The van der Waals surface area contributed by atoms with Gasteiger partial charge in [-0.25, -0.2) is 4.98 Å². The van der Waals surface area contributed by atoms with Crippen LogP contribution in [0.4, 0.5) is 0 Å². The van der Waals surface area contributed by atoms with Crippen LogP contribution in [-0.2, 0) is 5.41 Å². The molecule has 1 atom stereocenters. The van der Waals surface area contributed by atoms with Gasteiger partial charge < -0.3 is 4.42 Å². The Bertz CT molecular complexity index is 1320. The first kappa shape index (κ1) is 17.2. The first-order chi connectivity index (χ1) is 15.2. The number of aliphatic imine (C=N–C) groups is 1. The van der Waals surface area contributed by atoms with E-state index in [9.17, 15) is 0 Å². The lowest BCUT2D eigenvalue weighted by Crippen LogP contribution is -2.55. The van der Waals surface area contributed by atoms with Crippen molar-refractivity contribution in [1.82, 2.24) is 14.5 Å². The van der Waals surface area contributed by atoms with E-state index in [0.717, 1.165) is 45.7 Å². The van der Waals surface area contributed by atoms with Gasteiger partial charge in [0, 0.05) is 11.8 Å². The minimum atomic E-state index is -0.0922. The zero-order chi connectivity index (χ0) is 20.6. The number of rotatable bonds is 3. The second-order valence-electron chi connectivity index (χ2n) is 9.19. The Morgan fingerprint density at radius 1 is 1.03 bits per heavy atom. The predicted molar refractivity (Wildman–Crippen MR) is 119 cm³/mol. The van der Waals surface area contributed by atoms with Gasteiger partial charge in [0.25, 0.3) is 0 Å². The number of fused-ring (bicyclic) bond motifs is 3. The standard InChI is InChI=1S/C26H22N4O/c1-16-25-24(22-6-4-10-31-22)28-15-30(25)21-8-7-18(26-12-17(13-26)14-26)11-19(21)23(29-16)20-5-2-3-9-27-20/h2-11,15-17H,12-14H2,1H3/t16-,17?,26?/m1/s1. The number of imidazole rings is 1. The van der Waals surface area contributed by atoms with Crippen LogP contribution in [0.5, 0.6) is 0 Å². The number of pyridine rings is 1. The maximum Gasteiger partial charge on any atom is 0.154 e. The van der Waals surface area contributed by atoms with E-state index >= 15 is 0 Å². The Morgan fingerprint density at radius 2 is 1.94 bits per heavy atom. The summed E-state index contributed by atoms with van der Waals surface area (Å²) in [5, 5.41) is 0. The zero-order valence-electron chi connectivity index (χ0n) is 17.3. The van der Waals surface area contributed by atoms with Gasteiger partial charge in [-0.3, -0.25) is 14.5 Å². The number of hydrogen-bond acceptors (Lipinski definition) is 4. The molecule has 3 saturated carbocycles. The quantitative estimate of drug-likeness (QED) is 0.452. The number of furan rings is 1. The van der Waals surface area contributed by atoms with Crippen molar-refractivity contribution in [1.29, 1.82) is 0 Å². The van der Waals surface area contributed by atoms with E-state index < -0.39 is 0 Å². The Hall–Kier alpha value is -3.47. The lowest BCUT2D eigenvalue weighted by atomic mass is 9.42. The van der Waals surface area contributed by atoms with Crippen molar-refractivity contribution in [3.63, 3.8) is 0 Å². The maximum atomic E-state index is 5.69. The molecule has 2 bridgehead atoms. The highest BCUT2D eigenvalue weighted by molar-refractivity contribution is 6.14. The molecule has 31 heavy (non-hydrogen) atoms. The van der Waals surface area contributed by atoms with Gasteiger partial charge in [-0.15, -0.1) is 0 Å². The van der Waals surface area contributed by atoms with Crippen molar-refractivity contribution in [3.05, 3.63) is 89.8 Å². The van der Waals surface area contributed by atoms with Crippen LogP contribution < -0.4 is 0 Å². The highest BCUT2D eigenvalue weighted by Gasteiger charge is 2.57. The average molecular weight is 406 g/mol. The number of hydrogen-bond donors (Lipinski definition) is 0. The molecule has 0 unspecified atom stereocenters. The Kier molecular flexibility index (Phi) is 3.36. The Balaban J connectivity index is 1.48. The molecule has 0 N–H and O–H groups in total. The second kappa shape index (κ2) is 6.03. The van der Waals surface area contributed by atoms with Gasteiger partial charge in [-0.05, 0) is 79.5 Å². The third-order valence-corrected chi connectivity index (χ3v) is 7.35.